The number of aliphatic carboxylic acids is 1. The molecular weight excluding hydrogens is 330 g/mol. The van der Waals surface area contributed by atoms with Crippen LogP contribution in [0.4, 0.5) is 0 Å². The number of benzene rings is 1. The predicted molar refractivity (Wildman–Crippen MR) is 102 cm³/mol. The first-order chi connectivity index (χ1) is 12.3. The molecule has 1 aliphatic rings. The molecule has 2 atom stereocenters. The molecule has 1 amide bonds. The summed E-state index contributed by atoms with van der Waals surface area (Å²) in [5.41, 5.74) is 4.73. The number of hydrogen-bond acceptors (Lipinski definition) is 3. The van der Waals surface area contributed by atoms with Crippen molar-refractivity contribution in [1.29, 1.82) is 0 Å². The topological polar surface area (TPSA) is 66.8 Å². The second kappa shape index (κ2) is 8.56. The number of aryl methyl sites for hydroxylation is 1. The standard InChI is InChI=1S/C21H31NO4/c1-6-22(7-2)21(25)14(4)16-8-9-17-13(3)10-19(26-12-20(23)24)15(5)18(17)11-16/h10,14,16H,6-9,11-12H2,1-5H3,(H,23,24)/t14-,16-/m0/s1. The van der Waals surface area contributed by atoms with Gasteiger partial charge in [0.05, 0.1) is 0 Å². The fourth-order valence-corrected chi connectivity index (χ4v) is 4.06. The number of ether oxygens (including phenoxy) is 1. The zero-order valence-corrected chi connectivity index (χ0v) is 16.6. The van der Waals surface area contributed by atoms with E-state index in [9.17, 15) is 9.59 Å². The highest BCUT2D eigenvalue weighted by Crippen LogP contribution is 2.38. The summed E-state index contributed by atoms with van der Waals surface area (Å²) >= 11 is 0. The normalized spacial score (nSPS) is 17.3. The fourth-order valence-electron chi connectivity index (χ4n) is 4.06. The Hall–Kier alpha value is -2.04. The Morgan fingerprint density at radius 3 is 2.50 bits per heavy atom. The van der Waals surface area contributed by atoms with Crippen LogP contribution < -0.4 is 4.74 Å². The fraction of sp³-hybridized carbons (Fsp3) is 0.619. The molecule has 0 fully saturated rings. The lowest BCUT2D eigenvalue weighted by Crippen LogP contribution is -2.39. The van der Waals surface area contributed by atoms with E-state index in [1.54, 1.807) is 0 Å². The van der Waals surface area contributed by atoms with Gasteiger partial charge in [-0.15, -0.1) is 0 Å². The van der Waals surface area contributed by atoms with E-state index < -0.39 is 5.97 Å². The van der Waals surface area contributed by atoms with Crippen LogP contribution in [0.25, 0.3) is 0 Å². The summed E-state index contributed by atoms with van der Waals surface area (Å²) in [5.74, 6) is 0.203. The second-order valence-electron chi connectivity index (χ2n) is 7.26. The van der Waals surface area contributed by atoms with Gasteiger partial charge in [-0.25, -0.2) is 4.79 Å². The summed E-state index contributed by atoms with van der Waals surface area (Å²) in [6.45, 7) is 11.3. The van der Waals surface area contributed by atoms with Crippen LogP contribution in [0.1, 0.15) is 49.4 Å². The van der Waals surface area contributed by atoms with Crippen molar-refractivity contribution in [2.45, 2.75) is 53.9 Å². The average molecular weight is 361 g/mol. The number of carboxylic acid groups (broad SMARTS) is 1. The number of carboxylic acids is 1. The van der Waals surface area contributed by atoms with E-state index in [1.165, 1.54) is 11.1 Å². The molecule has 0 bridgehead atoms. The summed E-state index contributed by atoms with van der Waals surface area (Å²) in [7, 11) is 0. The van der Waals surface area contributed by atoms with Crippen LogP contribution in [0.2, 0.25) is 0 Å². The number of nitrogens with zero attached hydrogens (tertiary/aromatic N) is 1. The lowest BCUT2D eigenvalue weighted by atomic mass is 9.74. The molecule has 0 aromatic heterocycles. The van der Waals surface area contributed by atoms with Gasteiger partial charge in [0.15, 0.2) is 6.61 Å². The first-order valence-electron chi connectivity index (χ1n) is 9.55. The molecule has 0 radical (unpaired) electrons. The third kappa shape index (κ3) is 4.19. The molecule has 0 heterocycles. The molecule has 0 spiro atoms. The minimum atomic E-state index is -0.976. The van der Waals surface area contributed by atoms with Gasteiger partial charge in [0.2, 0.25) is 5.91 Å². The van der Waals surface area contributed by atoms with E-state index in [1.807, 2.05) is 38.7 Å². The number of hydrogen-bond donors (Lipinski definition) is 1. The van der Waals surface area contributed by atoms with Crippen LogP contribution in [0.3, 0.4) is 0 Å². The van der Waals surface area contributed by atoms with E-state index in [2.05, 4.69) is 6.92 Å². The van der Waals surface area contributed by atoms with Gasteiger partial charge in [-0.1, -0.05) is 6.92 Å². The maximum absolute atomic E-state index is 12.7. The van der Waals surface area contributed by atoms with Gasteiger partial charge in [-0.3, -0.25) is 4.79 Å². The highest BCUT2D eigenvalue weighted by Gasteiger charge is 2.31. The summed E-state index contributed by atoms with van der Waals surface area (Å²) in [4.78, 5) is 25.5. The van der Waals surface area contributed by atoms with Gasteiger partial charge in [0.1, 0.15) is 5.75 Å². The van der Waals surface area contributed by atoms with Crippen molar-refractivity contribution >= 4 is 11.9 Å². The maximum atomic E-state index is 12.7. The van der Waals surface area contributed by atoms with Crippen LogP contribution in [0.5, 0.6) is 5.75 Å². The van der Waals surface area contributed by atoms with E-state index in [0.29, 0.717) is 11.7 Å². The SMILES string of the molecule is CCN(CC)C(=O)[C@@H](C)[C@H]1CCc2c(C)cc(OCC(=O)O)c(C)c2C1. The van der Waals surface area contributed by atoms with Crippen LogP contribution in [-0.2, 0) is 22.4 Å². The van der Waals surface area contributed by atoms with Crippen molar-refractivity contribution < 1.29 is 19.4 Å². The molecule has 2 rings (SSSR count). The summed E-state index contributed by atoms with van der Waals surface area (Å²) in [5, 5.41) is 8.88. The number of amides is 1. The Balaban J connectivity index is 2.25. The largest absolute Gasteiger partial charge is 0.482 e. The Morgan fingerprint density at radius 2 is 1.92 bits per heavy atom. The average Bonchev–Trinajstić information content (AvgIpc) is 2.63. The van der Waals surface area contributed by atoms with Gasteiger partial charge in [-0.2, -0.15) is 0 Å². The van der Waals surface area contributed by atoms with Gasteiger partial charge >= 0.3 is 5.97 Å². The van der Waals surface area contributed by atoms with E-state index in [-0.39, 0.29) is 18.4 Å². The van der Waals surface area contributed by atoms with Crippen molar-refractivity contribution in [2.75, 3.05) is 19.7 Å². The van der Waals surface area contributed by atoms with Crippen molar-refractivity contribution in [3.8, 4) is 5.75 Å². The van der Waals surface area contributed by atoms with Gasteiger partial charge in [0, 0.05) is 19.0 Å². The highest BCUT2D eigenvalue weighted by atomic mass is 16.5. The molecule has 1 aliphatic carbocycles. The quantitative estimate of drug-likeness (QED) is 0.808. The predicted octanol–water partition coefficient (Wildman–Crippen LogP) is 3.38. The van der Waals surface area contributed by atoms with E-state index in [0.717, 1.165) is 43.5 Å². The maximum Gasteiger partial charge on any atom is 0.341 e. The molecule has 5 heteroatoms. The van der Waals surface area contributed by atoms with Crippen molar-refractivity contribution in [3.05, 3.63) is 28.3 Å². The van der Waals surface area contributed by atoms with Gasteiger partial charge in [0.25, 0.3) is 0 Å². The molecule has 144 valence electrons. The second-order valence-corrected chi connectivity index (χ2v) is 7.26. The molecule has 26 heavy (non-hydrogen) atoms. The highest BCUT2D eigenvalue weighted by molar-refractivity contribution is 5.79. The molecule has 0 unspecified atom stereocenters. The Bertz CT molecular complexity index is 679. The smallest absolute Gasteiger partial charge is 0.341 e. The van der Waals surface area contributed by atoms with Crippen molar-refractivity contribution in [2.24, 2.45) is 11.8 Å². The zero-order valence-electron chi connectivity index (χ0n) is 16.6. The monoisotopic (exact) mass is 361 g/mol. The number of fused-ring (bicyclic) bond motifs is 1. The molecule has 0 saturated carbocycles. The lowest BCUT2D eigenvalue weighted by Gasteiger charge is -2.33. The Morgan fingerprint density at radius 1 is 1.27 bits per heavy atom. The molecule has 5 nitrogen and oxygen atoms in total. The summed E-state index contributed by atoms with van der Waals surface area (Å²) < 4.78 is 5.49. The number of carbonyl (C=O) groups is 2. The van der Waals surface area contributed by atoms with Crippen molar-refractivity contribution in [1.82, 2.24) is 4.90 Å². The molecule has 1 aromatic carbocycles. The van der Waals surface area contributed by atoms with Crippen LogP contribution in [-0.4, -0.2) is 41.6 Å². The van der Waals surface area contributed by atoms with Gasteiger partial charge < -0.3 is 14.7 Å². The van der Waals surface area contributed by atoms with Crippen molar-refractivity contribution in [3.63, 3.8) is 0 Å². The first-order valence-corrected chi connectivity index (χ1v) is 9.55. The third-order valence-corrected chi connectivity index (χ3v) is 5.76. The van der Waals surface area contributed by atoms with Gasteiger partial charge in [-0.05, 0) is 81.2 Å². The molecule has 0 saturated heterocycles. The van der Waals surface area contributed by atoms with E-state index >= 15 is 0 Å². The number of rotatable bonds is 7. The number of carbonyl (C=O) groups excluding carboxylic acids is 1. The Labute approximate surface area is 156 Å². The van der Waals surface area contributed by atoms with Crippen LogP contribution in [0.15, 0.2) is 6.07 Å². The lowest BCUT2D eigenvalue weighted by molar-refractivity contribution is -0.139. The third-order valence-electron chi connectivity index (χ3n) is 5.76. The molecule has 1 N–H and O–H groups in total. The molecular formula is C21H31NO4. The molecule has 1 aromatic rings. The Kier molecular flexibility index (Phi) is 6.68. The van der Waals surface area contributed by atoms with Crippen LogP contribution >= 0.6 is 0 Å². The minimum absolute atomic E-state index is 0.00801. The zero-order chi connectivity index (χ0) is 19.4. The van der Waals surface area contributed by atoms with Crippen LogP contribution in [0, 0.1) is 25.7 Å². The summed E-state index contributed by atoms with van der Waals surface area (Å²) in [6, 6.07) is 1.95. The minimum Gasteiger partial charge on any atom is -0.482 e. The van der Waals surface area contributed by atoms with E-state index in [4.69, 9.17) is 9.84 Å². The summed E-state index contributed by atoms with van der Waals surface area (Å²) in [6.07, 6.45) is 2.82. The first kappa shape index (κ1) is 20.3. The molecule has 0 aliphatic heterocycles.